The highest BCUT2D eigenvalue weighted by Gasteiger charge is 2.16. The fourth-order valence-electron chi connectivity index (χ4n) is 4.08. The van der Waals surface area contributed by atoms with Crippen molar-refractivity contribution in [1.82, 2.24) is 19.9 Å². The van der Waals surface area contributed by atoms with Gasteiger partial charge >= 0.3 is 0 Å². The van der Waals surface area contributed by atoms with Crippen LogP contribution in [0.2, 0.25) is 10.0 Å². The van der Waals surface area contributed by atoms with Crippen molar-refractivity contribution >= 4 is 23.2 Å². The number of imidazole rings is 2. The van der Waals surface area contributed by atoms with Gasteiger partial charge in [-0.15, -0.1) is 0 Å². The smallest absolute Gasteiger partial charge is 0.0921 e. The highest BCUT2D eigenvalue weighted by molar-refractivity contribution is 6.30. The Balaban J connectivity index is 1.29. The lowest BCUT2D eigenvalue weighted by atomic mass is 9.93. The molecule has 2 aromatic carbocycles. The molecule has 0 spiro atoms. The molecule has 33 heavy (non-hydrogen) atoms. The summed E-state index contributed by atoms with van der Waals surface area (Å²) in [7, 11) is 0. The number of aromatic amines is 2. The molecule has 0 aliphatic carbocycles. The van der Waals surface area contributed by atoms with E-state index in [0.717, 1.165) is 47.1 Å². The quantitative estimate of drug-likeness (QED) is 0.224. The van der Waals surface area contributed by atoms with Gasteiger partial charge in [0.2, 0.25) is 0 Å². The van der Waals surface area contributed by atoms with Gasteiger partial charge in [-0.1, -0.05) is 47.5 Å². The maximum Gasteiger partial charge on any atom is 0.0921 e. The summed E-state index contributed by atoms with van der Waals surface area (Å²) in [6.45, 7) is 1.38. The maximum absolute atomic E-state index is 6.09. The van der Waals surface area contributed by atoms with Crippen LogP contribution < -0.4 is 0 Å². The Morgan fingerprint density at radius 1 is 0.667 bits per heavy atom. The molecule has 0 fully saturated rings. The van der Waals surface area contributed by atoms with E-state index in [-0.39, 0.29) is 0 Å². The molecule has 5 nitrogen and oxygen atoms in total. The van der Waals surface area contributed by atoms with Crippen molar-refractivity contribution in [2.24, 2.45) is 0 Å². The van der Waals surface area contributed by atoms with Crippen LogP contribution in [0.4, 0.5) is 0 Å². The van der Waals surface area contributed by atoms with E-state index in [1.807, 2.05) is 36.7 Å². The van der Waals surface area contributed by atoms with Crippen LogP contribution in [0, 0.1) is 0 Å². The zero-order valence-electron chi connectivity index (χ0n) is 18.4. The van der Waals surface area contributed by atoms with Crippen molar-refractivity contribution in [3.8, 4) is 0 Å². The number of ether oxygens (including phenoxy) is 1. The van der Waals surface area contributed by atoms with Crippen molar-refractivity contribution in [2.75, 3.05) is 13.2 Å². The molecule has 2 atom stereocenters. The third-order valence-corrected chi connectivity index (χ3v) is 6.43. The molecule has 4 rings (SSSR count). The predicted octanol–water partition coefficient (Wildman–Crippen LogP) is 6.59. The molecular formula is C26H28Cl2N4O. The van der Waals surface area contributed by atoms with Crippen LogP contribution in [0.1, 0.15) is 47.2 Å². The third-order valence-electron chi connectivity index (χ3n) is 5.93. The van der Waals surface area contributed by atoms with Crippen LogP contribution in [0.5, 0.6) is 0 Å². The van der Waals surface area contributed by atoms with E-state index in [0.29, 0.717) is 25.0 Å². The van der Waals surface area contributed by atoms with Gasteiger partial charge in [-0.25, -0.2) is 9.97 Å². The fourth-order valence-corrected chi connectivity index (χ4v) is 4.33. The number of nitrogens with one attached hydrogen (secondary N) is 2. The summed E-state index contributed by atoms with van der Waals surface area (Å²) in [5.41, 5.74) is 4.76. The van der Waals surface area contributed by atoms with Crippen molar-refractivity contribution in [3.63, 3.8) is 0 Å². The standard InChI is InChI=1S/C26H28Cl2N4O/c27-23-5-1-19(2-6-23)13-21(25-15-29-17-31-25)9-11-33-12-10-22(26-16-30-18-32-26)14-20-3-7-24(28)8-4-20/h1-8,15-18,21-22H,9-14H2,(H,29,31)(H,30,32). The Morgan fingerprint density at radius 3 is 1.45 bits per heavy atom. The van der Waals surface area contributed by atoms with Crippen LogP contribution in [0.15, 0.2) is 73.6 Å². The minimum Gasteiger partial charge on any atom is -0.381 e. The van der Waals surface area contributed by atoms with Crippen LogP contribution in [-0.4, -0.2) is 33.1 Å². The van der Waals surface area contributed by atoms with E-state index in [1.165, 1.54) is 11.1 Å². The van der Waals surface area contributed by atoms with E-state index in [1.54, 1.807) is 12.7 Å². The summed E-state index contributed by atoms with van der Waals surface area (Å²) >= 11 is 12.1. The van der Waals surface area contributed by atoms with Gasteiger partial charge in [0.25, 0.3) is 0 Å². The Kier molecular flexibility index (Phi) is 8.59. The zero-order chi connectivity index (χ0) is 22.9. The Labute approximate surface area is 204 Å². The Bertz CT molecular complexity index is 977. The van der Waals surface area contributed by atoms with Gasteiger partial charge in [-0.2, -0.15) is 0 Å². The largest absolute Gasteiger partial charge is 0.381 e. The number of rotatable bonds is 12. The lowest BCUT2D eigenvalue weighted by molar-refractivity contribution is 0.119. The van der Waals surface area contributed by atoms with Gasteiger partial charge in [0, 0.05) is 58.9 Å². The minimum atomic E-state index is 0.311. The highest BCUT2D eigenvalue weighted by atomic mass is 35.5. The summed E-state index contributed by atoms with van der Waals surface area (Å²) in [6.07, 6.45) is 10.9. The number of aromatic nitrogens is 4. The number of hydrogen-bond acceptors (Lipinski definition) is 3. The molecule has 0 aliphatic rings. The van der Waals surface area contributed by atoms with Crippen LogP contribution in [-0.2, 0) is 17.6 Å². The molecule has 2 heterocycles. The average molecular weight is 483 g/mol. The summed E-state index contributed by atoms with van der Waals surface area (Å²) in [5, 5.41) is 1.51. The molecule has 7 heteroatoms. The normalized spacial score (nSPS) is 13.2. The predicted molar refractivity (Wildman–Crippen MR) is 133 cm³/mol. The molecule has 0 radical (unpaired) electrons. The number of hydrogen-bond donors (Lipinski definition) is 2. The van der Waals surface area contributed by atoms with Gasteiger partial charge in [-0.3, -0.25) is 0 Å². The van der Waals surface area contributed by atoms with Crippen molar-refractivity contribution < 1.29 is 4.74 Å². The molecule has 0 amide bonds. The van der Waals surface area contributed by atoms with E-state index in [4.69, 9.17) is 27.9 Å². The number of H-pyrrole nitrogens is 2. The molecule has 172 valence electrons. The van der Waals surface area contributed by atoms with E-state index < -0.39 is 0 Å². The topological polar surface area (TPSA) is 66.6 Å². The zero-order valence-corrected chi connectivity index (χ0v) is 19.9. The number of benzene rings is 2. The molecule has 4 aromatic rings. The van der Waals surface area contributed by atoms with Crippen LogP contribution in [0.25, 0.3) is 0 Å². The fraction of sp³-hybridized carbons (Fsp3) is 0.308. The van der Waals surface area contributed by atoms with E-state index in [9.17, 15) is 0 Å². The molecule has 2 unspecified atom stereocenters. The minimum absolute atomic E-state index is 0.311. The van der Waals surface area contributed by atoms with Gasteiger partial charge in [-0.05, 0) is 61.1 Å². The average Bonchev–Trinajstić information content (AvgIpc) is 3.55. The second kappa shape index (κ2) is 12.0. The first-order chi connectivity index (χ1) is 16.2. The summed E-state index contributed by atoms with van der Waals surface area (Å²) in [4.78, 5) is 14.9. The molecule has 0 saturated carbocycles. The van der Waals surface area contributed by atoms with Crippen molar-refractivity contribution in [3.05, 3.63) is 106 Å². The third kappa shape index (κ3) is 7.19. The summed E-state index contributed by atoms with van der Waals surface area (Å²) in [5.74, 6) is 0.622. The van der Waals surface area contributed by atoms with Gasteiger partial charge in [0.15, 0.2) is 0 Å². The number of halogens is 2. The number of nitrogens with zero attached hydrogens (tertiary/aromatic N) is 2. The first kappa shape index (κ1) is 23.6. The molecule has 0 saturated heterocycles. The van der Waals surface area contributed by atoms with Gasteiger partial charge < -0.3 is 14.7 Å². The Hall–Kier alpha value is -2.60. The molecule has 0 bridgehead atoms. The lowest BCUT2D eigenvalue weighted by Crippen LogP contribution is -2.11. The molecule has 0 aliphatic heterocycles. The van der Waals surface area contributed by atoms with E-state index in [2.05, 4.69) is 44.2 Å². The van der Waals surface area contributed by atoms with Crippen LogP contribution in [0.3, 0.4) is 0 Å². The second-order valence-corrected chi connectivity index (χ2v) is 9.13. The van der Waals surface area contributed by atoms with Gasteiger partial charge in [0.05, 0.1) is 12.7 Å². The van der Waals surface area contributed by atoms with Gasteiger partial charge in [0.1, 0.15) is 0 Å². The maximum atomic E-state index is 6.09. The second-order valence-electron chi connectivity index (χ2n) is 8.26. The first-order valence-electron chi connectivity index (χ1n) is 11.2. The van der Waals surface area contributed by atoms with Crippen molar-refractivity contribution in [2.45, 2.75) is 37.5 Å². The lowest BCUT2D eigenvalue weighted by Gasteiger charge is -2.18. The SMILES string of the molecule is Clc1ccc(CC(CCOCCC(Cc2ccc(Cl)cc2)c2cnc[nH]2)c2cnc[nH]2)cc1. The van der Waals surface area contributed by atoms with Crippen molar-refractivity contribution in [1.29, 1.82) is 0 Å². The summed E-state index contributed by atoms with van der Waals surface area (Å²) < 4.78 is 6.09. The molecular weight excluding hydrogens is 455 g/mol. The summed E-state index contributed by atoms with van der Waals surface area (Å²) in [6, 6.07) is 16.1. The molecule has 2 N–H and O–H groups in total. The first-order valence-corrected chi connectivity index (χ1v) is 12.0. The van der Waals surface area contributed by atoms with Crippen LogP contribution >= 0.6 is 23.2 Å². The monoisotopic (exact) mass is 482 g/mol. The van der Waals surface area contributed by atoms with E-state index >= 15 is 0 Å². The molecule has 2 aromatic heterocycles. The Morgan fingerprint density at radius 2 is 1.09 bits per heavy atom. The highest BCUT2D eigenvalue weighted by Crippen LogP contribution is 2.26.